The van der Waals surface area contributed by atoms with Crippen molar-refractivity contribution in [2.75, 3.05) is 11.5 Å². The lowest BCUT2D eigenvalue weighted by Gasteiger charge is -2.03. The Kier molecular flexibility index (Phi) is 4.01. The van der Waals surface area contributed by atoms with E-state index in [0.717, 1.165) is 5.69 Å². The maximum absolute atomic E-state index is 5.78. The first-order chi connectivity index (χ1) is 5.84. The van der Waals surface area contributed by atoms with Crippen molar-refractivity contribution in [3.63, 3.8) is 0 Å². The van der Waals surface area contributed by atoms with Crippen LogP contribution < -0.4 is 5.73 Å². The van der Waals surface area contributed by atoms with Gasteiger partial charge >= 0.3 is 0 Å². The summed E-state index contributed by atoms with van der Waals surface area (Å²) in [5.74, 6) is 1.17. The first-order valence-corrected chi connectivity index (χ1v) is 5.30. The number of nitrogens with two attached hydrogens (primary N) is 1. The van der Waals surface area contributed by atoms with E-state index in [1.165, 1.54) is 23.5 Å². The van der Waals surface area contributed by atoms with E-state index in [1.54, 1.807) is 0 Å². The molecule has 0 unspecified atom stereocenters. The minimum atomic E-state index is 0.901. The molecular formula is C10H15NS. The fourth-order valence-electron chi connectivity index (χ4n) is 0.938. The van der Waals surface area contributed by atoms with Gasteiger partial charge in [0.15, 0.2) is 0 Å². The maximum atomic E-state index is 5.78. The highest BCUT2D eigenvalue weighted by molar-refractivity contribution is 7.99. The van der Waals surface area contributed by atoms with Crippen LogP contribution in [0.15, 0.2) is 29.2 Å². The van der Waals surface area contributed by atoms with Crippen molar-refractivity contribution >= 4 is 17.4 Å². The summed E-state index contributed by atoms with van der Waals surface area (Å²) in [5, 5.41) is 0. The predicted molar refractivity (Wildman–Crippen MR) is 56.5 cm³/mol. The van der Waals surface area contributed by atoms with Crippen LogP contribution >= 0.6 is 11.8 Å². The van der Waals surface area contributed by atoms with Crippen LogP contribution in [0.5, 0.6) is 0 Å². The molecule has 0 spiro atoms. The third-order valence-electron chi connectivity index (χ3n) is 1.67. The zero-order chi connectivity index (χ0) is 8.81. The third-order valence-corrected chi connectivity index (χ3v) is 2.85. The second-order valence-corrected chi connectivity index (χ2v) is 3.88. The quantitative estimate of drug-likeness (QED) is 0.438. The minimum absolute atomic E-state index is 0.901. The number of hydrogen-bond acceptors (Lipinski definition) is 2. The molecule has 0 amide bonds. The number of thioether (sulfide) groups is 1. The Hall–Kier alpha value is -0.630. The van der Waals surface area contributed by atoms with Crippen molar-refractivity contribution in [3.8, 4) is 0 Å². The standard InChI is InChI=1S/C10H15NS/c1-2-3-8-12-10-7-5-4-6-9(10)11/h4-7H,2-3,8,11H2,1H3. The highest BCUT2D eigenvalue weighted by Gasteiger charge is 1.96. The SMILES string of the molecule is CCCCSc1ccccc1N. The van der Waals surface area contributed by atoms with Gasteiger partial charge in [-0.25, -0.2) is 0 Å². The summed E-state index contributed by atoms with van der Waals surface area (Å²) in [6, 6.07) is 8.04. The normalized spacial score (nSPS) is 10.1. The van der Waals surface area contributed by atoms with Crippen molar-refractivity contribution in [1.29, 1.82) is 0 Å². The van der Waals surface area contributed by atoms with E-state index >= 15 is 0 Å². The maximum Gasteiger partial charge on any atom is 0.0452 e. The lowest BCUT2D eigenvalue weighted by Crippen LogP contribution is -1.88. The van der Waals surface area contributed by atoms with Gasteiger partial charge < -0.3 is 5.73 Å². The molecule has 0 atom stereocenters. The van der Waals surface area contributed by atoms with Gasteiger partial charge in [0, 0.05) is 10.6 Å². The largest absolute Gasteiger partial charge is 0.398 e. The van der Waals surface area contributed by atoms with Gasteiger partial charge in [0.05, 0.1) is 0 Å². The van der Waals surface area contributed by atoms with Gasteiger partial charge in [-0.2, -0.15) is 0 Å². The van der Waals surface area contributed by atoms with Gasteiger partial charge in [-0.1, -0.05) is 25.5 Å². The molecule has 0 aliphatic heterocycles. The summed E-state index contributed by atoms with van der Waals surface area (Å²) in [5.41, 5.74) is 6.68. The Labute approximate surface area is 78.4 Å². The molecule has 0 fully saturated rings. The highest BCUT2D eigenvalue weighted by Crippen LogP contribution is 2.24. The number of para-hydroxylation sites is 1. The van der Waals surface area contributed by atoms with Gasteiger partial charge in [-0.15, -0.1) is 11.8 Å². The van der Waals surface area contributed by atoms with E-state index in [0.29, 0.717) is 0 Å². The van der Waals surface area contributed by atoms with Gasteiger partial charge in [-0.05, 0) is 24.3 Å². The summed E-state index contributed by atoms with van der Waals surface area (Å²) in [4.78, 5) is 1.21. The molecule has 0 aliphatic rings. The molecule has 0 heterocycles. The fourth-order valence-corrected chi connectivity index (χ4v) is 2.00. The number of hydrogen-bond donors (Lipinski definition) is 1. The molecule has 2 heteroatoms. The molecule has 1 nitrogen and oxygen atoms in total. The molecule has 0 bridgehead atoms. The van der Waals surface area contributed by atoms with Crippen LogP contribution in [0.1, 0.15) is 19.8 Å². The summed E-state index contributed by atoms with van der Waals surface area (Å²) in [7, 11) is 0. The molecule has 12 heavy (non-hydrogen) atoms. The van der Waals surface area contributed by atoms with E-state index in [9.17, 15) is 0 Å². The monoisotopic (exact) mass is 181 g/mol. The van der Waals surface area contributed by atoms with Crippen molar-refractivity contribution < 1.29 is 0 Å². The van der Waals surface area contributed by atoms with Crippen molar-refractivity contribution in [3.05, 3.63) is 24.3 Å². The Morgan fingerprint density at radius 1 is 1.33 bits per heavy atom. The Morgan fingerprint density at radius 2 is 2.08 bits per heavy atom. The molecule has 66 valence electrons. The van der Waals surface area contributed by atoms with E-state index in [2.05, 4.69) is 13.0 Å². The van der Waals surface area contributed by atoms with Crippen LogP contribution in [0.4, 0.5) is 5.69 Å². The smallest absolute Gasteiger partial charge is 0.0452 e. The van der Waals surface area contributed by atoms with Crippen LogP contribution in [-0.2, 0) is 0 Å². The summed E-state index contributed by atoms with van der Waals surface area (Å²) >= 11 is 1.85. The number of nitrogen functional groups attached to an aromatic ring is 1. The summed E-state index contributed by atoms with van der Waals surface area (Å²) in [6.45, 7) is 2.20. The molecule has 1 rings (SSSR count). The number of unbranched alkanes of at least 4 members (excludes halogenated alkanes) is 1. The van der Waals surface area contributed by atoms with Crippen LogP contribution in [0.25, 0.3) is 0 Å². The van der Waals surface area contributed by atoms with E-state index in [1.807, 2.05) is 30.0 Å². The van der Waals surface area contributed by atoms with Crippen LogP contribution in [0.3, 0.4) is 0 Å². The summed E-state index contributed by atoms with van der Waals surface area (Å²) in [6.07, 6.45) is 2.51. The minimum Gasteiger partial charge on any atom is -0.398 e. The zero-order valence-corrected chi connectivity index (χ0v) is 8.23. The van der Waals surface area contributed by atoms with E-state index in [4.69, 9.17) is 5.73 Å². The van der Waals surface area contributed by atoms with Crippen molar-refractivity contribution in [2.24, 2.45) is 0 Å². The second-order valence-electron chi connectivity index (χ2n) is 2.74. The molecule has 0 aliphatic carbocycles. The molecule has 0 saturated carbocycles. The molecule has 0 radical (unpaired) electrons. The van der Waals surface area contributed by atoms with E-state index < -0.39 is 0 Å². The Bertz CT molecular complexity index is 235. The first kappa shape index (κ1) is 9.46. The molecular weight excluding hydrogens is 166 g/mol. The van der Waals surface area contributed by atoms with Crippen LogP contribution in [0, 0.1) is 0 Å². The van der Waals surface area contributed by atoms with Gasteiger partial charge in [-0.3, -0.25) is 0 Å². The Morgan fingerprint density at radius 3 is 2.75 bits per heavy atom. The first-order valence-electron chi connectivity index (χ1n) is 4.32. The second kappa shape index (κ2) is 5.09. The predicted octanol–water partition coefficient (Wildman–Crippen LogP) is 3.16. The van der Waals surface area contributed by atoms with Crippen LogP contribution in [0.2, 0.25) is 0 Å². The van der Waals surface area contributed by atoms with Gasteiger partial charge in [0.25, 0.3) is 0 Å². The Balaban J connectivity index is 2.46. The molecule has 0 saturated heterocycles. The molecule has 0 aromatic heterocycles. The third kappa shape index (κ3) is 2.78. The number of rotatable bonds is 4. The van der Waals surface area contributed by atoms with Crippen molar-refractivity contribution in [1.82, 2.24) is 0 Å². The fraction of sp³-hybridized carbons (Fsp3) is 0.400. The number of benzene rings is 1. The average molecular weight is 181 g/mol. The van der Waals surface area contributed by atoms with E-state index in [-0.39, 0.29) is 0 Å². The lowest BCUT2D eigenvalue weighted by atomic mass is 10.3. The van der Waals surface area contributed by atoms with Gasteiger partial charge in [0.1, 0.15) is 0 Å². The van der Waals surface area contributed by atoms with Gasteiger partial charge in [0.2, 0.25) is 0 Å². The summed E-state index contributed by atoms with van der Waals surface area (Å²) < 4.78 is 0. The average Bonchev–Trinajstić information content (AvgIpc) is 2.09. The number of anilines is 1. The highest BCUT2D eigenvalue weighted by atomic mass is 32.2. The lowest BCUT2D eigenvalue weighted by molar-refractivity contribution is 0.896. The van der Waals surface area contributed by atoms with Crippen LogP contribution in [-0.4, -0.2) is 5.75 Å². The molecule has 1 aromatic carbocycles. The topological polar surface area (TPSA) is 26.0 Å². The molecule has 1 aromatic rings. The zero-order valence-electron chi connectivity index (χ0n) is 7.42. The molecule has 2 N–H and O–H groups in total. The van der Waals surface area contributed by atoms with Crippen molar-refractivity contribution in [2.45, 2.75) is 24.7 Å².